The van der Waals surface area contributed by atoms with Gasteiger partial charge in [-0.3, -0.25) is 0 Å². The van der Waals surface area contributed by atoms with Crippen molar-refractivity contribution in [1.82, 2.24) is 0 Å². The van der Waals surface area contributed by atoms with E-state index in [1.807, 2.05) is 62.2 Å². The SMILES string of the molecule is CC1=C(C)C([Si](c2c([Si](C)(C)C)c([Si](C)(C)C)c(C)c([Si](C)(C)C)c2[Si](C)(C)C)(c2c([Si](C)(C)C)c([Si](C)(C)C)c(C)c([Si](C)(C)C)c2[Si](C)(C)C)c2c([Si](C)(C)C)c([Si](C)(C)C)c(C)c([Si](C)(C)C)c2[Si](C)(C)C)C(C)=C1C. The standard InChI is InChI=1S/C66H130Si13/c1-44-45(2)47(4)51(46(44)3)79(64-58(73(26,27)28)52(67(8,9)10)48(5)53(68(11,12)13)59(64)74(29,30)31,65-60(75(32,33)34)54(69(14,15)16)49(6)55(70(17,18)19)61(65)76(35,36)37)66-62(77(38,39)40)56(71(20,21)22)50(7)57(72(23,24)25)63(66)78(41,42)43/h51H,1-43H3. The second-order valence-electron chi connectivity index (χ2n) is 38.4. The first-order chi connectivity index (χ1) is 34.3. The summed E-state index contributed by atoms with van der Waals surface area (Å²) in [5.41, 5.74) is 12.3. The molecule has 3 aromatic carbocycles. The van der Waals surface area contributed by atoms with Crippen LogP contribution >= 0.6 is 0 Å². The Morgan fingerprint density at radius 3 is 0.380 bits per heavy atom. The maximum Gasteiger partial charge on any atom is 0.158 e. The molecule has 0 unspecified atom stereocenters. The number of allylic oxidation sites excluding steroid dienone is 4. The van der Waals surface area contributed by atoms with Crippen molar-refractivity contribution in [2.24, 2.45) is 0 Å². The summed E-state index contributed by atoms with van der Waals surface area (Å²) in [6, 6.07) is 0. The Kier molecular flexibility index (Phi) is 19.3. The van der Waals surface area contributed by atoms with Gasteiger partial charge in [0.1, 0.15) is 0 Å². The third kappa shape index (κ3) is 12.7. The van der Waals surface area contributed by atoms with Crippen molar-refractivity contribution in [3.8, 4) is 0 Å². The van der Waals surface area contributed by atoms with Crippen LogP contribution in [0.15, 0.2) is 22.3 Å². The van der Waals surface area contributed by atoms with Gasteiger partial charge in [-0.15, -0.1) is 0 Å². The van der Waals surface area contributed by atoms with Gasteiger partial charge in [-0.05, 0) is 59.6 Å². The van der Waals surface area contributed by atoms with Crippen molar-refractivity contribution in [2.75, 3.05) is 0 Å². The summed E-state index contributed by atoms with van der Waals surface area (Å²) in [7, 11) is -29.8. The van der Waals surface area contributed by atoms with Gasteiger partial charge in [0, 0.05) is 5.54 Å². The highest BCUT2D eigenvalue weighted by Crippen LogP contribution is 2.47. The topological polar surface area (TPSA) is 0 Å². The van der Waals surface area contributed by atoms with Crippen LogP contribution in [0, 0.1) is 20.8 Å². The van der Waals surface area contributed by atoms with Crippen LogP contribution < -0.4 is 77.8 Å². The highest BCUT2D eigenvalue weighted by molar-refractivity contribution is 7.28. The number of benzene rings is 3. The first kappa shape index (κ1) is 71.4. The highest BCUT2D eigenvalue weighted by Gasteiger charge is 2.63. The minimum absolute atomic E-state index is 0.318. The van der Waals surface area contributed by atoms with E-state index in [1.54, 1.807) is 39.0 Å². The molecule has 0 aromatic heterocycles. The summed E-state index contributed by atoms with van der Waals surface area (Å²) in [6.07, 6.45) is 0. The van der Waals surface area contributed by atoms with E-state index in [-0.39, 0.29) is 0 Å². The molecule has 0 aliphatic heterocycles. The molecular weight excluding hydrogens is 1160 g/mol. The van der Waals surface area contributed by atoms with Gasteiger partial charge in [-0.1, -0.05) is 341 Å². The van der Waals surface area contributed by atoms with Crippen molar-refractivity contribution >= 4 is 183 Å². The molecular formula is C66H130Si13. The number of hydrogen-bond acceptors (Lipinski definition) is 0. The lowest BCUT2D eigenvalue weighted by molar-refractivity contribution is 1.09. The fraction of sp³-hybridized carbons (Fsp3) is 0.667. The molecule has 0 heterocycles. The maximum atomic E-state index is 2.87. The van der Waals surface area contributed by atoms with E-state index in [0.717, 1.165) is 0 Å². The molecule has 0 fully saturated rings. The van der Waals surface area contributed by atoms with Crippen LogP contribution in [0.4, 0.5) is 0 Å². The molecule has 79 heavy (non-hydrogen) atoms. The van der Waals surface area contributed by atoms with E-state index in [0.29, 0.717) is 5.54 Å². The van der Waals surface area contributed by atoms with E-state index in [1.165, 1.54) is 0 Å². The first-order valence-corrected chi connectivity index (χ1v) is 75.4. The zero-order valence-corrected chi connectivity index (χ0v) is 74.1. The quantitative estimate of drug-likeness (QED) is 0.0990. The van der Waals surface area contributed by atoms with E-state index in [9.17, 15) is 0 Å². The molecule has 0 N–H and O–H groups in total. The van der Waals surface area contributed by atoms with Crippen molar-refractivity contribution in [1.29, 1.82) is 0 Å². The Labute approximate surface area is 507 Å². The van der Waals surface area contributed by atoms with E-state index in [2.05, 4.69) is 300 Å². The summed E-state index contributed by atoms with van der Waals surface area (Å²) in [4.78, 5) is 0. The van der Waals surface area contributed by atoms with Crippen LogP contribution in [0.2, 0.25) is 241 Å². The van der Waals surface area contributed by atoms with E-state index in [4.69, 9.17) is 0 Å². The van der Waals surface area contributed by atoms with Gasteiger partial charge in [0.05, 0.1) is 96.9 Å². The second-order valence-corrected chi connectivity index (χ2v) is 102. The van der Waals surface area contributed by atoms with Gasteiger partial charge in [0.15, 0.2) is 8.07 Å². The summed E-state index contributed by atoms with van der Waals surface area (Å²) < 4.78 is 0. The van der Waals surface area contributed by atoms with E-state index >= 15 is 0 Å². The molecule has 13 heteroatoms. The summed E-state index contributed by atoms with van der Waals surface area (Å²) in [6.45, 7) is 121. The number of rotatable bonds is 16. The average molecular weight is 1290 g/mol. The lowest BCUT2D eigenvalue weighted by Crippen LogP contribution is -2.96. The van der Waals surface area contributed by atoms with Crippen LogP contribution in [0.1, 0.15) is 44.4 Å². The molecule has 446 valence electrons. The Morgan fingerprint density at radius 1 is 0.165 bits per heavy atom. The predicted molar refractivity (Wildman–Crippen MR) is 414 cm³/mol. The summed E-state index contributed by atoms with van der Waals surface area (Å²) in [5, 5.41) is 29.6. The van der Waals surface area contributed by atoms with Gasteiger partial charge >= 0.3 is 0 Å². The highest BCUT2D eigenvalue weighted by atomic mass is 28.4. The van der Waals surface area contributed by atoms with Gasteiger partial charge < -0.3 is 0 Å². The fourth-order valence-corrected chi connectivity index (χ4v) is 72.1. The van der Waals surface area contributed by atoms with Crippen LogP contribution in [0.3, 0.4) is 0 Å². The van der Waals surface area contributed by atoms with Crippen LogP contribution in [0.25, 0.3) is 0 Å². The minimum Gasteiger partial charge on any atom is -0.0656 e. The molecule has 0 radical (unpaired) electrons. The largest absolute Gasteiger partial charge is 0.158 e. The lowest BCUT2D eigenvalue weighted by Gasteiger charge is -2.56. The molecule has 0 atom stereocenters. The van der Waals surface area contributed by atoms with Gasteiger partial charge in [0.25, 0.3) is 0 Å². The van der Waals surface area contributed by atoms with Crippen molar-refractivity contribution in [3.05, 3.63) is 39.0 Å². The first-order valence-electron chi connectivity index (χ1n) is 31.4. The Morgan fingerprint density at radius 2 is 0.278 bits per heavy atom. The lowest BCUT2D eigenvalue weighted by atomic mass is 10.1. The molecule has 0 spiro atoms. The zero-order chi connectivity index (χ0) is 62.8. The number of hydrogen-bond donors (Lipinski definition) is 0. The molecule has 0 saturated carbocycles. The average Bonchev–Trinajstić information content (AvgIpc) is 3.34. The van der Waals surface area contributed by atoms with Gasteiger partial charge in [0.2, 0.25) is 0 Å². The third-order valence-corrected chi connectivity index (χ3v) is 51.8. The Hall–Kier alpha value is -0.0405. The predicted octanol–water partition coefficient (Wildman–Crippen LogP) is 12.7. The molecule has 0 saturated heterocycles. The summed E-state index contributed by atoms with van der Waals surface area (Å²) in [5.74, 6) is 0. The molecule has 0 bridgehead atoms. The molecule has 0 amide bonds. The maximum absolute atomic E-state index is 3.63. The smallest absolute Gasteiger partial charge is 0.0656 e. The van der Waals surface area contributed by atoms with Crippen LogP contribution in [-0.2, 0) is 0 Å². The van der Waals surface area contributed by atoms with Crippen molar-refractivity contribution < 1.29 is 0 Å². The molecule has 3 aromatic rings. The molecule has 1 aliphatic carbocycles. The second kappa shape index (κ2) is 21.4. The minimum atomic E-state index is -3.63. The van der Waals surface area contributed by atoms with Crippen LogP contribution in [-0.4, -0.2) is 105 Å². The monoisotopic (exact) mass is 1290 g/mol. The van der Waals surface area contributed by atoms with Crippen molar-refractivity contribution in [3.63, 3.8) is 0 Å². The molecule has 1 aliphatic rings. The van der Waals surface area contributed by atoms with Crippen molar-refractivity contribution in [2.45, 2.75) is 290 Å². The fourth-order valence-electron chi connectivity index (χ4n) is 16.7. The molecule has 0 nitrogen and oxygen atoms in total. The Balaban J connectivity index is 3.46. The Bertz CT molecular complexity index is 2520. The van der Waals surface area contributed by atoms with Gasteiger partial charge in [-0.25, -0.2) is 0 Å². The van der Waals surface area contributed by atoms with Crippen LogP contribution in [0.5, 0.6) is 0 Å². The molecule has 4 rings (SSSR count). The van der Waals surface area contributed by atoms with E-state index < -0.39 is 105 Å². The summed E-state index contributed by atoms with van der Waals surface area (Å²) >= 11 is 0. The normalized spacial score (nSPS) is 16.1. The van der Waals surface area contributed by atoms with Gasteiger partial charge in [-0.2, -0.15) is 0 Å². The third-order valence-electron chi connectivity index (χ3n) is 18.5. The zero-order valence-electron chi connectivity index (χ0n) is 61.1.